The number of aromatic nitrogens is 2. The number of hydrogen-bond donors (Lipinski definition) is 3. The van der Waals surface area contributed by atoms with Crippen LogP contribution in [0.1, 0.15) is 91.1 Å². The van der Waals surface area contributed by atoms with Crippen molar-refractivity contribution in [3.8, 4) is 28.4 Å². The molecule has 4 saturated carbocycles. The first kappa shape index (κ1) is 38.8. The van der Waals surface area contributed by atoms with Crippen LogP contribution in [0.15, 0.2) is 42.5 Å². The first-order valence-corrected chi connectivity index (χ1v) is 20.0. The molecule has 0 aliphatic heterocycles. The van der Waals surface area contributed by atoms with Crippen LogP contribution in [0, 0.1) is 29.1 Å². The normalized spacial score (nSPS) is 25.9. The maximum atomic E-state index is 14.4. The molecule has 12 heteroatoms. The number of amides is 2. The van der Waals surface area contributed by atoms with Gasteiger partial charge in [0.05, 0.1) is 31.2 Å². The highest BCUT2D eigenvalue weighted by molar-refractivity contribution is 5.99. The van der Waals surface area contributed by atoms with E-state index in [0.717, 1.165) is 63.7 Å². The summed E-state index contributed by atoms with van der Waals surface area (Å²) in [6.07, 6.45) is 6.98. The van der Waals surface area contributed by atoms with E-state index in [1.165, 1.54) is 6.42 Å². The molecular formula is C43H58N6O6. The van der Waals surface area contributed by atoms with Crippen molar-refractivity contribution >= 4 is 17.8 Å². The molecule has 4 aliphatic carbocycles. The molecule has 1 spiro atoms. The number of rotatable bonds is 17. The van der Waals surface area contributed by atoms with E-state index in [-0.39, 0.29) is 34.8 Å². The fourth-order valence-electron chi connectivity index (χ4n) is 11.1. The third-order valence-electron chi connectivity index (χ3n) is 13.4. The molecule has 0 saturated heterocycles. The number of nitrogens with one attached hydrogen (secondary N) is 2. The molecule has 4 fully saturated rings. The number of methoxy groups -OCH3 is 2. The summed E-state index contributed by atoms with van der Waals surface area (Å²) in [5.41, 5.74) is 2.13. The van der Waals surface area contributed by atoms with Gasteiger partial charge < -0.3 is 35.0 Å². The Labute approximate surface area is 324 Å². The molecule has 2 amide bonds. The summed E-state index contributed by atoms with van der Waals surface area (Å²) in [7, 11) is 9.07. The standard InChI is InChI=1S/C43H58N6O6/c1-26(2)30-22-29(40(51)48(5)18-10-17-47(4)16-9-15-44-3)13-14-32(30)49-33(38-34(54-6)11-8-12-35(38)55-7)23-31(46-49)39(50)45-43(41(52)53)36-20-27-19-28-21-37(43)42(36,24-27)25-28/h8,11-14,22-23,26-28,36-37,44H,9-10,15-21,24-25H2,1-7H3,(H,45,50)(H,52,53). The summed E-state index contributed by atoms with van der Waals surface area (Å²) in [4.78, 5) is 45.5. The van der Waals surface area contributed by atoms with Crippen LogP contribution in [0.3, 0.4) is 0 Å². The molecule has 0 radical (unpaired) electrons. The van der Waals surface area contributed by atoms with Gasteiger partial charge >= 0.3 is 5.97 Å². The second-order valence-corrected chi connectivity index (χ2v) is 16.9. The third kappa shape index (κ3) is 6.58. The summed E-state index contributed by atoms with van der Waals surface area (Å²) in [5.74, 6) is 0.477. The first-order chi connectivity index (χ1) is 26.4. The first-order valence-electron chi connectivity index (χ1n) is 20.0. The molecule has 12 nitrogen and oxygen atoms in total. The molecule has 4 aliphatic rings. The van der Waals surface area contributed by atoms with Gasteiger partial charge in [-0.05, 0) is 156 Å². The summed E-state index contributed by atoms with van der Waals surface area (Å²) >= 11 is 0. The minimum absolute atomic E-state index is 0.0113. The Balaban J connectivity index is 1.22. The summed E-state index contributed by atoms with van der Waals surface area (Å²) < 4.78 is 13.4. The maximum Gasteiger partial charge on any atom is 0.330 e. The van der Waals surface area contributed by atoms with Gasteiger partial charge in [0, 0.05) is 19.2 Å². The Hall–Kier alpha value is -4.42. The zero-order valence-electron chi connectivity index (χ0n) is 33.5. The van der Waals surface area contributed by atoms with E-state index < -0.39 is 17.4 Å². The Kier molecular flexibility index (Phi) is 10.8. The van der Waals surface area contributed by atoms with Gasteiger partial charge in [-0.2, -0.15) is 5.10 Å². The average molecular weight is 755 g/mol. The van der Waals surface area contributed by atoms with Crippen molar-refractivity contribution in [1.82, 2.24) is 30.2 Å². The van der Waals surface area contributed by atoms with Crippen molar-refractivity contribution in [2.24, 2.45) is 29.1 Å². The van der Waals surface area contributed by atoms with Crippen molar-refractivity contribution in [2.45, 2.75) is 70.3 Å². The van der Waals surface area contributed by atoms with Crippen molar-refractivity contribution < 1.29 is 29.0 Å². The number of carbonyl (C=O) groups is 3. The second-order valence-electron chi connectivity index (χ2n) is 16.9. The number of fused-ring (bicyclic) bond motifs is 2. The van der Waals surface area contributed by atoms with Gasteiger partial charge in [-0.15, -0.1) is 0 Å². The van der Waals surface area contributed by atoms with Gasteiger partial charge in [-0.3, -0.25) is 9.59 Å². The van der Waals surface area contributed by atoms with E-state index in [1.54, 1.807) is 29.9 Å². The van der Waals surface area contributed by atoms with Crippen LogP contribution in [0.2, 0.25) is 0 Å². The predicted octanol–water partition coefficient (Wildman–Crippen LogP) is 5.69. The lowest BCUT2D eigenvalue weighted by atomic mass is 9.45. The minimum atomic E-state index is -1.30. The lowest BCUT2D eigenvalue weighted by molar-refractivity contribution is -0.178. The fourth-order valence-corrected chi connectivity index (χ4v) is 11.1. The molecule has 4 unspecified atom stereocenters. The number of benzene rings is 2. The Bertz CT molecular complexity index is 1890. The van der Waals surface area contributed by atoms with Gasteiger partial charge in [0.15, 0.2) is 5.69 Å². The van der Waals surface area contributed by atoms with E-state index >= 15 is 0 Å². The van der Waals surface area contributed by atoms with Gasteiger partial charge in [0.1, 0.15) is 17.0 Å². The van der Waals surface area contributed by atoms with Crippen LogP contribution >= 0.6 is 0 Å². The number of hydrogen-bond acceptors (Lipinski definition) is 8. The molecule has 3 bridgehead atoms. The van der Waals surface area contributed by atoms with Gasteiger partial charge in [0.25, 0.3) is 11.8 Å². The number of nitrogens with zero attached hydrogens (tertiary/aromatic N) is 4. The lowest BCUT2D eigenvalue weighted by Gasteiger charge is -2.61. The van der Waals surface area contributed by atoms with E-state index in [9.17, 15) is 19.5 Å². The molecule has 4 atom stereocenters. The van der Waals surface area contributed by atoms with Crippen LogP contribution in [0.4, 0.5) is 0 Å². The SMILES string of the molecule is CNCCCN(C)CCCN(C)C(=O)c1ccc(-n2nc(C(=O)NC3(C(=O)O)C4CC5CC6CC3C4(C5)C6)cc2-c2c(OC)cccc2OC)c(C(C)C)c1. The molecule has 1 aromatic heterocycles. The van der Waals surface area contributed by atoms with Gasteiger partial charge in [0.2, 0.25) is 0 Å². The molecule has 7 rings (SSSR count). The van der Waals surface area contributed by atoms with E-state index in [0.29, 0.717) is 52.4 Å². The van der Waals surface area contributed by atoms with Crippen molar-refractivity contribution in [2.75, 3.05) is 61.5 Å². The molecule has 3 aromatic rings. The number of aliphatic carboxylic acids is 1. The van der Waals surface area contributed by atoms with Crippen LogP contribution in [-0.4, -0.2) is 110 Å². The largest absolute Gasteiger partial charge is 0.496 e. The highest BCUT2D eigenvalue weighted by atomic mass is 16.5. The average Bonchev–Trinajstić information content (AvgIpc) is 3.79. The predicted molar refractivity (Wildman–Crippen MR) is 211 cm³/mol. The summed E-state index contributed by atoms with van der Waals surface area (Å²) in [5, 5.41) is 22.1. The van der Waals surface area contributed by atoms with E-state index in [4.69, 9.17) is 14.6 Å². The topological polar surface area (TPSA) is 138 Å². The molecule has 296 valence electrons. The second kappa shape index (κ2) is 15.3. The van der Waals surface area contributed by atoms with Crippen LogP contribution in [0.25, 0.3) is 16.9 Å². The zero-order chi connectivity index (χ0) is 39.2. The highest BCUT2D eigenvalue weighted by Gasteiger charge is 2.80. The van der Waals surface area contributed by atoms with Crippen molar-refractivity contribution in [3.05, 3.63) is 59.3 Å². The Morgan fingerprint density at radius 2 is 1.60 bits per heavy atom. The van der Waals surface area contributed by atoms with Crippen LogP contribution < -0.4 is 20.1 Å². The molecule has 1 heterocycles. The molecule has 2 aromatic carbocycles. The fraction of sp³-hybridized carbons (Fsp3) is 0.581. The van der Waals surface area contributed by atoms with Gasteiger partial charge in [-0.25, -0.2) is 9.48 Å². The molecule has 55 heavy (non-hydrogen) atoms. The van der Waals surface area contributed by atoms with Crippen molar-refractivity contribution in [3.63, 3.8) is 0 Å². The van der Waals surface area contributed by atoms with Crippen LogP contribution in [0.5, 0.6) is 11.5 Å². The number of carboxylic acid groups (broad SMARTS) is 1. The highest BCUT2D eigenvalue weighted by Crippen LogP contribution is 2.78. The quantitative estimate of drug-likeness (QED) is 0.148. The summed E-state index contributed by atoms with van der Waals surface area (Å²) in [6, 6.07) is 12.8. The zero-order valence-corrected chi connectivity index (χ0v) is 33.5. The number of carboxylic acids is 1. The Morgan fingerprint density at radius 3 is 2.20 bits per heavy atom. The summed E-state index contributed by atoms with van der Waals surface area (Å²) in [6.45, 7) is 7.64. The third-order valence-corrected chi connectivity index (χ3v) is 13.4. The smallest absolute Gasteiger partial charge is 0.330 e. The number of ether oxygens (including phenoxy) is 2. The van der Waals surface area contributed by atoms with Crippen molar-refractivity contribution in [1.29, 1.82) is 0 Å². The minimum Gasteiger partial charge on any atom is -0.496 e. The molecular weight excluding hydrogens is 697 g/mol. The maximum absolute atomic E-state index is 14.4. The van der Waals surface area contributed by atoms with Crippen LogP contribution in [-0.2, 0) is 4.79 Å². The lowest BCUT2D eigenvalue weighted by Crippen LogP contribution is -2.76. The molecule has 3 N–H and O–H groups in total. The monoisotopic (exact) mass is 754 g/mol. The van der Waals surface area contributed by atoms with Gasteiger partial charge in [-0.1, -0.05) is 19.9 Å². The van der Waals surface area contributed by atoms with E-state index in [1.807, 2.05) is 50.5 Å². The number of carbonyl (C=O) groups excluding carboxylic acids is 2. The Morgan fingerprint density at radius 1 is 0.945 bits per heavy atom. The van der Waals surface area contributed by atoms with E-state index in [2.05, 4.69) is 36.4 Å².